The van der Waals surface area contributed by atoms with Crippen LogP contribution in [0.25, 0.3) is 0 Å². The van der Waals surface area contributed by atoms with Gasteiger partial charge in [0.1, 0.15) is 5.76 Å². The first-order valence-corrected chi connectivity index (χ1v) is 5.44. The SMILES string of the molecule is CCc1onc(C(=O)NCCN(C)C)c1C. The number of aromatic nitrogens is 1. The van der Waals surface area contributed by atoms with E-state index in [0.717, 1.165) is 24.3 Å². The molecule has 0 saturated heterocycles. The molecule has 1 rings (SSSR count). The third-order valence-electron chi connectivity index (χ3n) is 2.40. The minimum atomic E-state index is -0.164. The fourth-order valence-corrected chi connectivity index (χ4v) is 1.39. The summed E-state index contributed by atoms with van der Waals surface area (Å²) in [6.07, 6.45) is 0.754. The predicted octanol–water partition coefficient (Wildman–Crippen LogP) is 0.837. The number of nitrogens with zero attached hydrogens (tertiary/aromatic N) is 2. The molecule has 0 fully saturated rings. The molecule has 0 aromatic carbocycles. The maximum absolute atomic E-state index is 11.7. The Hall–Kier alpha value is -1.36. The number of hydrogen-bond acceptors (Lipinski definition) is 4. The third-order valence-corrected chi connectivity index (χ3v) is 2.40. The molecule has 1 N–H and O–H groups in total. The van der Waals surface area contributed by atoms with Gasteiger partial charge in [-0.3, -0.25) is 4.79 Å². The number of nitrogens with one attached hydrogen (secondary N) is 1. The zero-order valence-electron chi connectivity index (χ0n) is 10.3. The van der Waals surface area contributed by atoms with Crippen molar-refractivity contribution in [3.05, 3.63) is 17.0 Å². The van der Waals surface area contributed by atoms with Crippen molar-refractivity contribution in [2.45, 2.75) is 20.3 Å². The van der Waals surface area contributed by atoms with Crippen LogP contribution in [0.3, 0.4) is 0 Å². The summed E-state index contributed by atoms with van der Waals surface area (Å²) >= 11 is 0. The highest BCUT2D eigenvalue weighted by molar-refractivity contribution is 5.93. The predicted molar refractivity (Wildman–Crippen MR) is 61.5 cm³/mol. The lowest BCUT2D eigenvalue weighted by Gasteiger charge is -2.09. The number of rotatable bonds is 5. The number of carbonyl (C=O) groups excluding carboxylic acids is 1. The van der Waals surface area contributed by atoms with Crippen molar-refractivity contribution in [2.75, 3.05) is 27.2 Å². The molecular weight excluding hydrogens is 206 g/mol. The van der Waals surface area contributed by atoms with Crippen LogP contribution in [-0.2, 0) is 6.42 Å². The van der Waals surface area contributed by atoms with Crippen molar-refractivity contribution in [1.82, 2.24) is 15.4 Å². The van der Waals surface area contributed by atoms with Crippen molar-refractivity contribution in [3.63, 3.8) is 0 Å². The van der Waals surface area contributed by atoms with Crippen LogP contribution in [0.1, 0.15) is 28.7 Å². The molecule has 0 saturated carbocycles. The van der Waals surface area contributed by atoms with Crippen LogP contribution in [-0.4, -0.2) is 43.1 Å². The van der Waals surface area contributed by atoms with E-state index in [4.69, 9.17) is 4.52 Å². The molecule has 1 amide bonds. The molecule has 0 atom stereocenters. The van der Waals surface area contributed by atoms with E-state index in [2.05, 4.69) is 10.5 Å². The molecule has 0 bridgehead atoms. The second kappa shape index (κ2) is 5.65. The van der Waals surface area contributed by atoms with Crippen molar-refractivity contribution >= 4 is 5.91 Å². The molecule has 0 aliphatic heterocycles. The number of hydrogen-bond donors (Lipinski definition) is 1. The average Bonchev–Trinajstić information content (AvgIpc) is 2.58. The van der Waals surface area contributed by atoms with Gasteiger partial charge in [0, 0.05) is 25.1 Å². The second-order valence-electron chi connectivity index (χ2n) is 3.99. The Morgan fingerprint density at radius 3 is 2.69 bits per heavy atom. The lowest BCUT2D eigenvalue weighted by atomic mass is 10.2. The Bertz CT molecular complexity index is 358. The first-order valence-electron chi connectivity index (χ1n) is 5.44. The maximum atomic E-state index is 11.7. The van der Waals surface area contributed by atoms with Gasteiger partial charge in [-0.05, 0) is 21.0 Å². The smallest absolute Gasteiger partial charge is 0.273 e. The molecular formula is C11H19N3O2. The summed E-state index contributed by atoms with van der Waals surface area (Å²) in [6, 6.07) is 0. The third kappa shape index (κ3) is 3.06. The van der Waals surface area contributed by atoms with Crippen molar-refractivity contribution < 1.29 is 9.32 Å². The Balaban J connectivity index is 2.56. The Morgan fingerprint density at radius 1 is 1.50 bits per heavy atom. The molecule has 0 radical (unpaired) electrons. The van der Waals surface area contributed by atoms with Crippen molar-refractivity contribution in [1.29, 1.82) is 0 Å². The molecule has 16 heavy (non-hydrogen) atoms. The van der Waals surface area contributed by atoms with E-state index >= 15 is 0 Å². The molecule has 5 heteroatoms. The van der Waals surface area contributed by atoms with E-state index in [1.807, 2.05) is 32.8 Å². The summed E-state index contributed by atoms with van der Waals surface area (Å²) in [6.45, 7) is 5.25. The van der Waals surface area contributed by atoms with E-state index in [-0.39, 0.29) is 5.91 Å². The highest BCUT2D eigenvalue weighted by Crippen LogP contribution is 2.12. The fraction of sp³-hybridized carbons (Fsp3) is 0.636. The number of carbonyl (C=O) groups is 1. The van der Waals surface area contributed by atoms with E-state index in [1.54, 1.807) is 0 Å². The van der Waals surface area contributed by atoms with E-state index < -0.39 is 0 Å². The van der Waals surface area contributed by atoms with Crippen LogP contribution in [0.15, 0.2) is 4.52 Å². The summed E-state index contributed by atoms with van der Waals surface area (Å²) in [5, 5.41) is 6.59. The summed E-state index contributed by atoms with van der Waals surface area (Å²) < 4.78 is 5.07. The molecule has 90 valence electrons. The average molecular weight is 225 g/mol. The monoisotopic (exact) mass is 225 g/mol. The topological polar surface area (TPSA) is 58.4 Å². The zero-order valence-corrected chi connectivity index (χ0v) is 10.3. The highest BCUT2D eigenvalue weighted by atomic mass is 16.5. The maximum Gasteiger partial charge on any atom is 0.273 e. The molecule has 0 aliphatic carbocycles. The molecule has 0 spiro atoms. The number of likely N-dealkylation sites (N-methyl/N-ethyl adjacent to an activating group) is 1. The van der Waals surface area contributed by atoms with Crippen LogP contribution in [0.4, 0.5) is 0 Å². The van der Waals surface area contributed by atoms with Gasteiger partial charge in [-0.15, -0.1) is 0 Å². The quantitative estimate of drug-likeness (QED) is 0.806. The summed E-state index contributed by atoms with van der Waals surface area (Å²) in [5.41, 5.74) is 1.24. The Morgan fingerprint density at radius 2 is 2.19 bits per heavy atom. The standard InChI is InChI=1S/C11H19N3O2/c1-5-9-8(2)10(13-16-9)11(15)12-6-7-14(3)4/h5-7H2,1-4H3,(H,12,15). The molecule has 1 aromatic rings. The normalized spacial score (nSPS) is 10.8. The van der Waals surface area contributed by atoms with E-state index in [0.29, 0.717) is 12.2 Å². The van der Waals surface area contributed by atoms with Crippen LogP contribution in [0.2, 0.25) is 0 Å². The molecule has 1 aromatic heterocycles. The van der Waals surface area contributed by atoms with Gasteiger partial charge in [-0.25, -0.2) is 0 Å². The van der Waals surface area contributed by atoms with Crippen LogP contribution in [0, 0.1) is 6.92 Å². The molecule has 1 heterocycles. The first kappa shape index (κ1) is 12.7. The number of aryl methyl sites for hydroxylation is 1. The Labute approximate surface area is 95.8 Å². The lowest BCUT2D eigenvalue weighted by Crippen LogP contribution is -2.31. The minimum Gasteiger partial charge on any atom is -0.360 e. The van der Waals surface area contributed by atoms with Gasteiger partial charge in [0.15, 0.2) is 5.69 Å². The highest BCUT2D eigenvalue weighted by Gasteiger charge is 2.16. The van der Waals surface area contributed by atoms with Gasteiger partial charge in [-0.2, -0.15) is 0 Å². The molecule has 0 unspecified atom stereocenters. The van der Waals surface area contributed by atoms with Gasteiger partial charge < -0.3 is 14.7 Å². The molecule has 0 aliphatic rings. The van der Waals surface area contributed by atoms with Gasteiger partial charge in [0.25, 0.3) is 5.91 Å². The van der Waals surface area contributed by atoms with Gasteiger partial charge >= 0.3 is 0 Å². The molecule has 5 nitrogen and oxygen atoms in total. The van der Waals surface area contributed by atoms with Crippen LogP contribution >= 0.6 is 0 Å². The lowest BCUT2D eigenvalue weighted by molar-refractivity contribution is 0.0941. The number of amides is 1. The van der Waals surface area contributed by atoms with Gasteiger partial charge in [0.2, 0.25) is 0 Å². The first-order chi connectivity index (χ1) is 7.56. The summed E-state index contributed by atoms with van der Waals surface area (Å²) in [4.78, 5) is 13.7. The largest absolute Gasteiger partial charge is 0.360 e. The van der Waals surface area contributed by atoms with Crippen LogP contribution < -0.4 is 5.32 Å². The zero-order chi connectivity index (χ0) is 12.1. The summed E-state index contributed by atoms with van der Waals surface area (Å²) in [7, 11) is 3.92. The van der Waals surface area contributed by atoms with Crippen molar-refractivity contribution in [3.8, 4) is 0 Å². The fourth-order valence-electron chi connectivity index (χ4n) is 1.39. The second-order valence-corrected chi connectivity index (χ2v) is 3.99. The van der Waals surface area contributed by atoms with Crippen LogP contribution in [0.5, 0.6) is 0 Å². The van der Waals surface area contributed by atoms with Gasteiger partial charge in [0.05, 0.1) is 0 Å². The summed E-state index contributed by atoms with van der Waals surface area (Å²) in [5.74, 6) is 0.612. The van der Waals surface area contributed by atoms with Gasteiger partial charge in [-0.1, -0.05) is 12.1 Å². The van der Waals surface area contributed by atoms with E-state index in [1.165, 1.54) is 0 Å². The Kier molecular flexibility index (Phi) is 4.49. The van der Waals surface area contributed by atoms with E-state index in [9.17, 15) is 4.79 Å². The van der Waals surface area contributed by atoms with Crippen molar-refractivity contribution in [2.24, 2.45) is 0 Å². The minimum absolute atomic E-state index is 0.164.